The number of Topliss-reactive ketones (excluding diaryl/α,β-unsaturated/α-hetero) is 1. The van der Waals surface area contributed by atoms with Crippen LogP contribution in [-0.2, 0) is 4.79 Å². The van der Waals surface area contributed by atoms with E-state index in [1.807, 2.05) is 6.07 Å². The summed E-state index contributed by atoms with van der Waals surface area (Å²) in [6.07, 6.45) is 5.32. The van der Waals surface area contributed by atoms with E-state index < -0.39 is 0 Å². The number of carbonyl (C=O) groups is 1. The van der Waals surface area contributed by atoms with Gasteiger partial charge in [0.2, 0.25) is 0 Å². The summed E-state index contributed by atoms with van der Waals surface area (Å²) in [5.74, 6) is 1.02. The zero-order chi connectivity index (χ0) is 10.3. The maximum Gasteiger partial charge on any atom is 0.143 e. The van der Waals surface area contributed by atoms with Gasteiger partial charge >= 0.3 is 0 Å². The van der Waals surface area contributed by atoms with Crippen LogP contribution >= 0.6 is 0 Å². The molecule has 0 N–H and O–H groups in total. The predicted molar refractivity (Wildman–Crippen MR) is 60.3 cm³/mol. The average molecular weight is 198 g/mol. The lowest BCUT2D eigenvalue weighted by atomic mass is 9.85. The minimum atomic E-state index is 0.221. The van der Waals surface area contributed by atoms with Crippen LogP contribution in [0.4, 0.5) is 0 Å². The second kappa shape index (κ2) is 3.34. The van der Waals surface area contributed by atoms with Gasteiger partial charge in [0, 0.05) is 11.8 Å². The summed E-state index contributed by atoms with van der Waals surface area (Å²) in [5, 5.41) is 0. The van der Waals surface area contributed by atoms with E-state index in [4.69, 9.17) is 0 Å². The van der Waals surface area contributed by atoms with Crippen molar-refractivity contribution in [2.75, 3.05) is 0 Å². The molecule has 2 aliphatic carbocycles. The standard InChI is InChI=1S/C14H14O/c15-14-11-6-7-12(14)9-13(8-11)10-4-2-1-3-5-10/h1-5,8,11-12H,6-7,9H2. The Labute approximate surface area is 89.8 Å². The first kappa shape index (κ1) is 8.90. The van der Waals surface area contributed by atoms with Crippen LogP contribution in [0.2, 0.25) is 0 Å². The van der Waals surface area contributed by atoms with E-state index >= 15 is 0 Å². The minimum Gasteiger partial charge on any atom is -0.299 e. The van der Waals surface area contributed by atoms with Gasteiger partial charge in [-0.25, -0.2) is 0 Å². The van der Waals surface area contributed by atoms with Crippen molar-refractivity contribution in [3.8, 4) is 0 Å². The number of hydrogen-bond acceptors (Lipinski definition) is 1. The largest absolute Gasteiger partial charge is 0.299 e. The van der Waals surface area contributed by atoms with Crippen molar-refractivity contribution in [3.63, 3.8) is 0 Å². The number of benzene rings is 1. The van der Waals surface area contributed by atoms with E-state index in [9.17, 15) is 4.79 Å². The third kappa shape index (κ3) is 1.43. The van der Waals surface area contributed by atoms with Gasteiger partial charge in [0.1, 0.15) is 5.78 Å². The van der Waals surface area contributed by atoms with Crippen LogP contribution in [0.1, 0.15) is 24.8 Å². The van der Waals surface area contributed by atoms with Crippen molar-refractivity contribution in [3.05, 3.63) is 42.0 Å². The molecular weight excluding hydrogens is 184 g/mol. The zero-order valence-corrected chi connectivity index (χ0v) is 8.65. The molecule has 1 saturated carbocycles. The zero-order valence-electron chi connectivity index (χ0n) is 8.65. The molecule has 0 saturated heterocycles. The number of rotatable bonds is 1. The van der Waals surface area contributed by atoms with E-state index in [-0.39, 0.29) is 5.92 Å². The summed E-state index contributed by atoms with van der Waals surface area (Å²) in [5.41, 5.74) is 2.67. The summed E-state index contributed by atoms with van der Waals surface area (Å²) < 4.78 is 0. The van der Waals surface area contributed by atoms with E-state index in [0.29, 0.717) is 11.7 Å². The van der Waals surface area contributed by atoms with Crippen molar-refractivity contribution in [2.24, 2.45) is 11.8 Å². The summed E-state index contributed by atoms with van der Waals surface area (Å²) in [6, 6.07) is 10.4. The minimum absolute atomic E-state index is 0.221. The molecule has 1 heteroatoms. The Balaban J connectivity index is 1.97. The highest BCUT2D eigenvalue weighted by atomic mass is 16.1. The van der Waals surface area contributed by atoms with Crippen LogP contribution in [0.25, 0.3) is 5.57 Å². The lowest BCUT2D eigenvalue weighted by Gasteiger charge is -2.18. The van der Waals surface area contributed by atoms with Crippen molar-refractivity contribution >= 4 is 11.4 Å². The summed E-state index contributed by atoms with van der Waals surface area (Å²) in [6.45, 7) is 0. The molecule has 2 aliphatic rings. The molecule has 76 valence electrons. The van der Waals surface area contributed by atoms with Crippen molar-refractivity contribution in [2.45, 2.75) is 19.3 Å². The Morgan fingerprint density at radius 2 is 1.87 bits per heavy atom. The van der Waals surface area contributed by atoms with E-state index in [1.165, 1.54) is 11.1 Å². The normalized spacial score (nSPS) is 29.1. The van der Waals surface area contributed by atoms with E-state index in [1.54, 1.807) is 0 Å². The summed E-state index contributed by atoms with van der Waals surface area (Å²) >= 11 is 0. The molecule has 2 atom stereocenters. The van der Waals surface area contributed by atoms with Crippen LogP contribution in [0.3, 0.4) is 0 Å². The molecule has 0 amide bonds. The van der Waals surface area contributed by atoms with Gasteiger partial charge in [-0.3, -0.25) is 4.79 Å². The highest BCUT2D eigenvalue weighted by Gasteiger charge is 2.37. The Morgan fingerprint density at radius 1 is 1.07 bits per heavy atom. The molecule has 1 nitrogen and oxygen atoms in total. The Kier molecular flexibility index (Phi) is 1.98. The molecule has 0 spiro atoms. The maximum atomic E-state index is 11.7. The molecule has 0 heterocycles. The molecule has 0 aromatic heterocycles. The first-order valence-corrected chi connectivity index (χ1v) is 5.64. The van der Waals surface area contributed by atoms with Gasteiger partial charge in [0.25, 0.3) is 0 Å². The van der Waals surface area contributed by atoms with Gasteiger partial charge in [-0.15, -0.1) is 0 Å². The molecule has 1 aromatic rings. The monoisotopic (exact) mass is 198 g/mol. The Hall–Kier alpha value is -1.37. The smallest absolute Gasteiger partial charge is 0.143 e. The first-order chi connectivity index (χ1) is 7.34. The lowest BCUT2D eigenvalue weighted by molar-refractivity contribution is -0.122. The second-order valence-electron chi connectivity index (χ2n) is 4.55. The molecule has 0 radical (unpaired) electrons. The van der Waals surface area contributed by atoms with Gasteiger partial charge in [0.15, 0.2) is 0 Å². The van der Waals surface area contributed by atoms with Crippen LogP contribution in [0, 0.1) is 11.8 Å². The van der Waals surface area contributed by atoms with Crippen molar-refractivity contribution < 1.29 is 4.79 Å². The van der Waals surface area contributed by atoms with Gasteiger partial charge in [-0.2, -0.15) is 0 Å². The molecule has 1 aromatic carbocycles. The number of ketones is 1. The average Bonchev–Trinajstić information content (AvgIpc) is 2.54. The lowest BCUT2D eigenvalue weighted by Crippen LogP contribution is -2.17. The van der Waals surface area contributed by atoms with Crippen LogP contribution in [0.5, 0.6) is 0 Å². The fraction of sp³-hybridized carbons (Fsp3) is 0.357. The summed E-state index contributed by atoms with van der Waals surface area (Å²) in [4.78, 5) is 11.7. The molecular formula is C14H14O. The third-order valence-electron chi connectivity index (χ3n) is 3.61. The number of allylic oxidation sites excluding steroid dienone is 2. The van der Waals surface area contributed by atoms with Crippen LogP contribution in [0.15, 0.2) is 36.4 Å². The fourth-order valence-electron chi connectivity index (χ4n) is 2.78. The highest BCUT2D eigenvalue weighted by Crippen LogP contribution is 2.41. The summed E-state index contributed by atoms with van der Waals surface area (Å²) in [7, 11) is 0. The highest BCUT2D eigenvalue weighted by molar-refractivity contribution is 5.93. The van der Waals surface area contributed by atoms with Gasteiger partial charge < -0.3 is 0 Å². The second-order valence-corrected chi connectivity index (χ2v) is 4.55. The topological polar surface area (TPSA) is 17.1 Å². The van der Waals surface area contributed by atoms with Crippen molar-refractivity contribution in [1.82, 2.24) is 0 Å². The van der Waals surface area contributed by atoms with E-state index in [0.717, 1.165) is 19.3 Å². The SMILES string of the molecule is O=C1C2C=C(c3ccccc3)CC1CC2. The van der Waals surface area contributed by atoms with Crippen LogP contribution < -0.4 is 0 Å². The number of hydrogen-bond donors (Lipinski definition) is 0. The van der Waals surface area contributed by atoms with E-state index in [2.05, 4.69) is 30.3 Å². The third-order valence-corrected chi connectivity index (χ3v) is 3.61. The van der Waals surface area contributed by atoms with Gasteiger partial charge in [-0.1, -0.05) is 36.4 Å². The molecule has 3 rings (SSSR count). The first-order valence-electron chi connectivity index (χ1n) is 5.64. The molecule has 0 aliphatic heterocycles. The number of fused-ring (bicyclic) bond motifs is 2. The van der Waals surface area contributed by atoms with Crippen molar-refractivity contribution in [1.29, 1.82) is 0 Å². The van der Waals surface area contributed by atoms with Crippen LogP contribution in [-0.4, -0.2) is 5.78 Å². The molecule has 2 unspecified atom stereocenters. The van der Waals surface area contributed by atoms with Gasteiger partial charge in [-0.05, 0) is 30.4 Å². The Bertz CT molecular complexity index is 416. The molecule has 1 fully saturated rings. The quantitative estimate of drug-likeness (QED) is 0.677. The van der Waals surface area contributed by atoms with Gasteiger partial charge in [0.05, 0.1) is 0 Å². The fourth-order valence-corrected chi connectivity index (χ4v) is 2.78. The molecule has 15 heavy (non-hydrogen) atoms. The Morgan fingerprint density at radius 3 is 2.60 bits per heavy atom. The maximum absolute atomic E-state index is 11.7. The molecule has 2 bridgehead atoms. The number of carbonyl (C=O) groups excluding carboxylic acids is 1. The predicted octanol–water partition coefficient (Wildman–Crippen LogP) is 3.07.